The topological polar surface area (TPSA) is 12.5 Å². The van der Waals surface area contributed by atoms with Gasteiger partial charge in [-0.2, -0.15) is 0 Å². The molecule has 2 aliphatic rings. The van der Waals surface area contributed by atoms with Gasteiger partial charge in [-0.1, -0.05) is 12.8 Å². The Morgan fingerprint density at radius 3 is 2.85 bits per heavy atom. The van der Waals surface area contributed by atoms with E-state index >= 15 is 0 Å². The van der Waals surface area contributed by atoms with Crippen molar-refractivity contribution in [1.82, 2.24) is 0 Å². The van der Waals surface area contributed by atoms with E-state index in [0.29, 0.717) is 6.10 Å². The molecule has 1 aliphatic heterocycles. The molecule has 2 rings (SSSR count). The van der Waals surface area contributed by atoms with Crippen molar-refractivity contribution in [2.45, 2.75) is 56.4 Å². The van der Waals surface area contributed by atoms with Crippen LogP contribution in [0.15, 0.2) is 0 Å². The fraction of sp³-hybridized carbons (Fsp3) is 1.00. The van der Waals surface area contributed by atoms with Gasteiger partial charge < -0.3 is 4.74 Å². The molecule has 1 aliphatic carbocycles. The van der Waals surface area contributed by atoms with Crippen molar-refractivity contribution in [3.05, 3.63) is 0 Å². The molecule has 0 radical (unpaired) electrons. The smallest absolute Gasteiger partial charge is 0.248 e. The summed E-state index contributed by atoms with van der Waals surface area (Å²) in [4.78, 5) is 0. The minimum atomic E-state index is -1.90. The molecule has 0 spiro atoms. The molecule has 0 aromatic carbocycles. The first-order valence-corrected chi connectivity index (χ1v) is 9.81. The first-order chi connectivity index (χ1) is 6.02. The van der Waals surface area contributed by atoms with Crippen LogP contribution in [0.3, 0.4) is 0 Å². The zero-order valence-electron chi connectivity index (χ0n) is 7.98. The summed E-state index contributed by atoms with van der Waals surface area (Å²) in [5, 5.41) is 0. The minimum absolute atomic E-state index is 0.219. The number of ether oxygens (including phenoxy) is 1. The van der Waals surface area contributed by atoms with Gasteiger partial charge in [0.15, 0.2) is 0 Å². The fourth-order valence-electron chi connectivity index (χ4n) is 2.32. The maximum atomic E-state index is 6.08. The Balaban J connectivity index is 1.82. The molecule has 2 fully saturated rings. The Morgan fingerprint density at radius 1 is 1.46 bits per heavy atom. The third kappa shape index (κ3) is 2.41. The number of hydrogen-bond acceptors (Lipinski definition) is 1. The summed E-state index contributed by atoms with van der Waals surface area (Å²) in [6.45, 7) is 0.0959. The van der Waals surface area contributed by atoms with Gasteiger partial charge in [0, 0.05) is 0 Å². The number of halogens is 2. The van der Waals surface area contributed by atoms with Crippen molar-refractivity contribution in [2.24, 2.45) is 0 Å². The Hall–Kier alpha value is 0.757. The molecule has 1 saturated carbocycles. The van der Waals surface area contributed by atoms with Gasteiger partial charge >= 0.3 is 0 Å². The summed E-state index contributed by atoms with van der Waals surface area (Å²) in [5.74, 6) is 0. The van der Waals surface area contributed by atoms with Gasteiger partial charge in [0.2, 0.25) is 6.69 Å². The van der Waals surface area contributed by atoms with Crippen molar-refractivity contribution < 1.29 is 4.74 Å². The van der Waals surface area contributed by atoms with E-state index in [2.05, 4.69) is 0 Å². The van der Waals surface area contributed by atoms with E-state index < -0.39 is 6.69 Å². The lowest BCUT2D eigenvalue weighted by Crippen LogP contribution is -2.23. The molecule has 0 amide bonds. The van der Waals surface area contributed by atoms with E-state index in [0.717, 1.165) is 12.5 Å². The van der Waals surface area contributed by atoms with E-state index in [1.807, 2.05) is 6.55 Å². The quantitative estimate of drug-likeness (QED) is 0.416. The molecule has 0 aromatic heterocycles. The summed E-state index contributed by atoms with van der Waals surface area (Å²) in [7, 11) is 0. The van der Waals surface area contributed by atoms with Crippen molar-refractivity contribution in [1.29, 1.82) is 0 Å². The van der Waals surface area contributed by atoms with Crippen LogP contribution < -0.4 is 0 Å². The second-order valence-electron chi connectivity index (χ2n) is 4.49. The van der Waals surface area contributed by atoms with Gasteiger partial charge in [-0.3, -0.25) is 0 Å². The van der Waals surface area contributed by atoms with Crippen molar-refractivity contribution >= 4 is 28.9 Å². The molecule has 76 valence electrons. The van der Waals surface area contributed by atoms with Crippen LogP contribution in [-0.2, 0) is 4.74 Å². The molecule has 1 heterocycles. The summed E-state index contributed by atoms with van der Waals surface area (Å²) in [5.41, 5.74) is 0.219. The van der Waals surface area contributed by atoms with Gasteiger partial charge in [0.25, 0.3) is 0 Å². The van der Waals surface area contributed by atoms with Crippen LogP contribution in [-0.4, -0.2) is 18.4 Å². The normalized spacial score (nSPS) is 38.5. The molecule has 4 heteroatoms. The highest BCUT2D eigenvalue weighted by atomic mass is 35.7. The standard InChI is InChI=1S/C9H16Cl2OSi/c1-13(10,11)7-6-9-5-3-2-4-8(9)12-9/h8H,2-7H2,1H3. The van der Waals surface area contributed by atoms with Gasteiger partial charge in [0.1, 0.15) is 0 Å². The average molecular weight is 239 g/mol. The fourth-order valence-corrected chi connectivity index (χ4v) is 3.75. The highest BCUT2D eigenvalue weighted by molar-refractivity contribution is 7.44. The number of rotatable bonds is 3. The molecule has 0 bridgehead atoms. The molecule has 0 N–H and O–H groups in total. The lowest BCUT2D eigenvalue weighted by atomic mass is 9.87. The van der Waals surface area contributed by atoms with E-state index in [4.69, 9.17) is 26.9 Å². The Bertz CT molecular complexity index is 204. The SMILES string of the molecule is C[Si](Cl)(Cl)CCC12CCCCC1O2. The Labute approximate surface area is 90.2 Å². The summed E-state index contributed by atoms with van der Waals surface area (Å²) in [6, 6.07) is 0.979. The Morgan fingerprint density at radius 2 is 2.23 bits per heavy atom. The zero-order chi connectivity index (χ0) is 9.53. The molecule has 13 heavy (non-hydrogen) atoms. The third-order valence-electron chi connectivity index (χ3n) is 3.21. The van der Waals surface area contributed by atoms with Crippen LogP contribution in [0.2, 0.25) is 12.6 Å². The average Bonchev–Trinajstić information content (AvgIpc) is 2.74. The van der Waals surface area contributed by atoms with Gasteiger partial charge in [-0.05, 0) is 31.9 Å². The van der Waals surface area contributed by atoms with Crippen LogP contribution in [0.25, 0.3) is 0 Å². The first kappa shape index (κ1) is 10.3. The molecular formula is C9H16Cl2OSi. The van der Waals surface area contributed by atoms with Gasteiger partial charge in [-0.25, -0.2) is 0 Å². The second kappa shape index (κ2) is 3.40. The lowest BCUT2D eigenvalue weighted by molar-refractivity contribution is 0.278. The van der Waals surface area contributed by atoms with Crippen molar-refractivity contribution in [3.8, 4) is 0 Å². The maximum Gasteiger partial charge on any atom is 0.248 e. The Kier molecular flexibility index (Phi) is 2.69. The highest BCUT2D eigenvalue weighted by Crippen LogP contribution is 2.51. The highest BCUT2D eigenvalue weighted by Gasteiger charge is 2.56. The van der Waals surface area contributed by atoms with Crippen LogP contribution in [0.4, 0.5) is 0 Å². The van der Waals surface area contributed by atoms with Gasteiger partial charge in [0.05, 0.1) is 11.7 Å². The molecule has 2 atom stereocenters. The summed E-state index contributed by atoms with van der Waals surface area (Å²) < 4.78 is 5.77. The summed E-state index contributed by atoms with van der Waals surface area (Å²) in [6.07, 6.45) is 6.78. The number of epoxide rings is 1. The zero-order valence-corrected chi connectivity index (χ0v) is 10.5. The van der Waals surface area contributed by atoms with Gasteiger partial charge in [-0.15, -0.1) is 22.2 Å². The second-order valence-corrected chi connectivity index (χ2v) is 12.7. The predicted octanol–water partition coefficient (Wildman–Crippen LogP) is 3.64. The van der Waals surface area contributed by atoms with E-state index in [1.165, 1.54) is 25.7 Å². The molecule has 0 aromatic rings. The molecule has 1 saturated heterocycles. The van der Waals surface area contributed by atoms with Crippen molar-refractivity contribution in [3.63, 3.8) is 0 Å². The van der Waals surface area contributed by atoms with E-state index in [1.54, 1.807) is 0 Å². The molecule has 1 nitrogen and oxygen atoms in total. The molecular weight excluding hydrogens is 223 g/mol. The van der Waals surface area contributed by atoms with Crippen LogP contribution in [0.1, 0.15) is 32.1 Å². The van der Waals surface area contributed by atoms with Crippen LogP contribution >= 0.6 is 22.2 Å². The molecule has 2 unspecified atom stereocenters. The monoisotopic (exact) mass is 238 g/mol. The van der Waals surface area contributed by atoms with Crippen LogP contribution in [0.5, 0.6) is 0 Å². The minimum Gasteiger partial charge on any atom is -0.366 e. The van der Waals surface area contributed by atoms with E-state index in [9.17, 15) is 0 Å². The number of hydrogen-bond donors (Lipinski definition) is 0. The first-order valence-electron chi connectivity index (χ1n) is 5.08. The predicted molar refractivity (Wildman–Crippen MR) is 58.8 cm³/mol. The van der Waals surface area contributed by atoms with E-state index in [-0.39, 0.29) is 5.60 Å². The maximum absolute atomic E-state index is 6.08. The van der Waals surface area contributed by atoms with Crippen LogP contribution in [0, 0.1) is 0 Å². The third-order valence-corrected chi connectivity index (χ3v) is 5.47. The lowest BCUT2D eigenvalue weighted by Gasteiger charge is -2.19. The summed E-state index contributed by atoms with van der Waals surface area (Å²) >= 11 is 12.2. The largest absolute Gasteiger partial charge is 0.366 e. The van der Waals surface area contributed by atoms with Crippen molar-refractivity contribution in [2.75, 3.05) is 0 Å². The number of fused-ring (bicyclic) bond motifs is 1.